The number of nitrogens with two attached hydrogens (primary N) is 1. The number of halogens is 3. The minimum atomic E-state index is -4.45. The number of nitrogen functional groups attached to an aromatic ring is 1. The van der Waals surface area contributed by atoms with Crippen molar-refractivity contribution in [3.05, 3.63) is 17.1 Å². The average molecular weight is 248 g/mol. The quantitative estimate of drug-likeness (QED) is 0.841. The van der Waals surface area contributed by atoms with Gasteiger partial charge in [0.25, 0.3) is 0 Å². The van der Waals surface area contributed by atoms with E-state index >= 15 is 0 Å². The number of nitrogens with zero attached hydrogens (tertiary/aromatic N) is 3. The van der Waals surface area contributed by atoms with E-state index in [1.54, 1.807) is 5.38 Å². The van der Waals surface area contributed by atoms with Crippen LogP contribution in [0.25, 0.3) is 11.4 Å². The summed E-state index contributed by atoms with van der Waals surface area (Å²) in [7, 11) is 1.43. The Morgan fingerprint density at radius 1 is 1.44 bits per heavy atom. The molecule has 0 aromatic carbocycles. The first-order valence-corrected chi connectivity index (χ1v) is 5.08. The van der Waals surface area contributed by atoms with Crippen LogP contribution in [0.5, 0.6) is 0 Å². The lowest BCUT2D eigenvalue weighted by Crippen LogP contribution is -2.06. The fourth-order valence-corrected chi connectivity index (χ4v) is 1.81. The maximum absolute atomic E-state index is 12.4. The largest absolute Gasteiger partial charge is 0.435 e. The molecule has 0 bridgehead atoms. The summed E-state index contributed by atoms with van der Waals surface area (Å²) < 4.78 is 38.3. The molecule has 0 saturated heterocycles. The first-order chi connectivity index (χ1) is 7.38. The van der Waals surface area contributed by atoms with E-state index in [-0.39, 0.29) is 0 Å². The Labute approximate surface area is 92.5 Å². The first kappa shape index (κ1) is 10.9. The Kier molecular flexibility index (Phi) is 2.38. The van der Waals surface area contributed by atoms with Gasteiger partial charge in [0.2, 0.25) is 0 Å². The number of aryl methyl sites for hydroxylation is 1. The molecule has 0 atom stereocenters. The summed E-state index contributed by atoms with van der Waals surface area (Å²) in [5.41, 5.74) is 5.17. The predicted octanol–water partition coefficient (Wildman–Crippen LogP) is 2.14. The molecule has 2 aromatic heterocycles. The predicted molar refractivity (Wildman–Crippen MR) is 53.7 cm³/mol. The smallest absolute Gasteiger partial charge is 0.375 e. The van der Waals surface area contributed by atoms with Gasteiger partial charge in [-0.15, -0.1) is 11.3 Å². The van der Waals surface area contributed by atoms with Crippen molar-refractivity contribution < 1.29 is 13.2 Å². The van der Waals surface area contributed by atoms with Crippen LogP contribution in [0.4, 0.5) is 18.3 Å². The van der Waals surface area contributed by atoms with Crippen LogP contribution in [-0.2, 0) is 13.2 Å². The Hall–Kier alpha value is -1.57. The second-order valence-electron chi connectivity index (χ2n) is 3.11. The molecule has 2 rings (SSSR count). The lowest BCUT2D eigenvalue weighted by Gasteiger charge is -1.98. The normalized spacial score (nSPS) is 12.0. The minimum absolute atomic E-state index is 0.292. The summed E-state index contributed by atoms with van der Waals surface area (Å²) in [5, 5.41) is 5.28. The Balaban J connectivity index is 2.47. The third-order valence-electron chi connectivity index (χ3n) is 1.95. The number of alkyl halides is 3. The van der Waals surface area contributed by atoms with Crippen LogP contribution < -0.4 is 5.73 Å². The van der Waals surface area contributed by atoms with Gasteiger partial charge in [-0.25, -0.2) is 4.98 Å². The van der Waals surface area contributed by atoms with Gasteiger partial charge in [0.1, 0.15) is 5.69 Å². The fourth-order valence-electron chi connectivity index (χ4n) is 1.25. The van der Waals surface area contributed by atoms with Crippen molar-refractivity contribution in [2.24, 2.45) is 7.05 Å². The number of rotatable bonds is 1. The van der Waals surface area contributed by atoms with Gasteiger partial charge >= 0.3 is 6.18 Å². The molecule has 2 aromatic rings. The van der Waals surface area contributed by atoms with Crippen molar-refractivity contribution in [3.8, 4) is 11.4 Å². The van der Waals surface area contributed by atoms with Gasteiger partial charge < -0.3 is 5.73 Å². The van der Waals surface area contributed by atoms with Crippen LogP contribution in [0.1, 0.15) is 5.69 Å². The molecule has 0 aliphatic rings. The van der Waals surface area contributed by atoms with Crippen LogP contribution in [0, 0.1) is 0 Å². The molecule has 2 heterocycles. The van der Waals surface area contributed by atoms with Crippen molar-refractivity contribution in [3.63, 3.8) is 0 Å². The van der Waals surface area contributed by atoms with Gasteiger partial charge in [0.15, 0.2) is 10.8 Å². The molecular weight excluding hydrogens is 241 g/mol. The molecule has 0 unspecified atom stereocenters. The highest BCUT2D eigenvalue weighted by Gasteiger charge is 2.34. The molecule has 8 heteroatoms. The van der Waals surface area contributed by atoms with Gasteiger partial charge in [-0.2, -0.15) is 18.3 Å². The van der Waals surface area contributed by atoms with E-state index < -0.39 is 11.9 Å². The van der Waals surface area contributed by atoms with Gasteiger partial charge in [-0.3, -0.25) is 4.68 Å². The van der Waals surface area contributed by atoms with Gasteiger partial charge in [-0.1, -0.05) is 0 Å². The molecular formula is C8H7F3N4S. The maximum Gasteiger partial charge on any atom is 0.435 e. The standard InChI is InChI=1S/C8H7F3N4S/c1-15-5(4-3-16-7(12)13-4)2-6(14-15)8(9,10)11/h2-3H,1H3,(H2,12,13). The zero-order valence-corrected chi connectivity index (χ0v) is 8.93. The summed E-state index contributed by atoms with van der Waals surface area (Å²) in [5.74, 6) is 0. The number of aromatic nitrogens is 3. The van der Waals surface area contributed by atoms with Crippen LogP contribution >= 0.6 is 11.3 Å². The lowest BCUT2D eigenvalue weighted by molar-refractivity contribution is -0.141. The lowest BCUT2D eigenvalue weighted by atomic mass is 10.3. The van der Waals surface area contributed by atoms with Crippen LogP contribution in [-0.4, -0.2) is 14.8 Å². The van der Waals surface area contributed by atoms with Crippen molar-refractivity contribution in [1.29, 1.82) is 0 Å². The van der Waals surface area contributed by atoms with E-state index in [1.807, 2.05) is 0 Å². The minimum Gasteiger partial charge on any atom is -0.375 e. The number of anilines is 1. The second kappa shape index (κ2) is 3.48. The molecule has 16 heavy (non-hydrogen) atoms. The molecule has 0 fully saturated rings. The van der Waals surface area contributed by atoms with E-state index in [2.05, 4.69) is 10.1 Å². The Bertz CT molecular complexity index is 514. The average Bonchev–Trinajstić information content (AvgIpc) is 2.70. The van der Waals surface area contributed by atoms with E-state index in [1.165, 1.54) is 18.4 Å². The summed E-state index contributed by atoms with van der Waals surface area (Å²) in [4.78, 5) is 3.91. The highest BCUT2D eigenvalue weighted by molar-refractivity contribution is 7.13. The van der Waals surface area contributed by atoms with Gasteiger partial charge in [0, 0.05) is 12.4 Å². The third kappa shape index (κ3) is 1.87. The van der Waals surface area contributed by atoms with Gasteiger partial charge in [0.05, 0.1) is 5.69 Å². The summed E-state index contributed by atoms with van der Waals surface area (Å²) in [6, 6.07) is 0.953. The summed E-state index contributed by atoms with van der Waals surface area (Å²) in [6.45, 7) is 0. The molecule has 86 valence electrons. The van der Waals surface area contributed by atoms with Crippen molar-refractivity contribution >= 4 is 16.5 Å². The monoisotopic (exact) mass is 248 g/mol. The molecule has 0 saturated carbocycles. The first-order valence-electron chi connectivity index (χ1n) is 4.20. The molecule has 0 aliphatic carbocycles. The van der Waals surface area contributed by atoms with Crippen LogP contribution in [0.2, 0.25) is 0 Å². The highest BCUT2D eigenvalue weighted by Crippen LogP contribution is 2.31. The summed E-state index contributed by atoms with van der Waals surface area (Å²) >= 11 is 1.17. The molecule has 0 radical (unpaired) electrons. The maximum atomic E-state index is 12.4. The molecule has 2 N–H and O–H groups in total. The number of hydrogen-bond donors (Lipinski definition) is 1. The Morgan fingerprint density at radius 3 is 2.56 bits per heavy atom. The van der Waals surface area contributed by atoms with Gasteiger partial charge in [-0.05, 0) is 6.07 Å². The molecule has 0 amide bonds. The Morgan fingerprint density at radius 2 is 2.12 bits per heavy atom. The fraction of sp³-hybridized carbons (Fsp3) is 0.250. The SMILES string of the molecule is Cn1nc(C(F)(F)F)cc1-c1csc(N)n1. The van der Waals surface area contributed by atoms with E-state index in [9.17, 15) is 13.2 Å². The van der Waals surface area contributed by atoms with E-state index in [0.717, 1.165) is 10.7 Å². The van der Waals surface area contributed by atoms with E-state index in [0.29, 0.717) is 16.5 Å². The zero-order chi connectivity index (χ0) is 11.9. The van der Waals surface area contributed by atoms with Crippen molar-refractivity contribution in [2.45, 2.75) is 6.18 Å². The highest BCUT2D eigenvalue weighted by atomic mass is 32.1. The molecule has 4 nitrogen and oxygen atoms in total. The van der Waals surface area contributed by atoms with Crippen molar-refractivity contribution in [1.82, 2.24) is 14.8 Å². The second-order valence-corrected chi connectivity index (χ2v) is 4.00. The zero-order valence-electron chi connectivity index (χ0n) is 8.12. The third-order valence-corrected chi connectivity index (χ3v) is 2.63. The van der Waals surface area contributed by atoms with Crippen LogP contribution in [0.3, 0.4) is 0 Å². The summed E-state index contributed by atoms with van der Waals surface area (Å²) in [6.07, 6.45) is -4.45. The number of hydrogen-bond acceptors (Lipinski definition) is 4. The molecule has 0 aliphatic heterocycles. The molecule has 0 spiro atoms. The van der Waals surface area contributed by atoms with Crippen molar-refractivity contribution in [2.75, 3.05) is 5.73 Å². The van der Waals surface area contributed by atoms with E-state index in [4.69, 9.17) is 5.73 Å². The number of thiazole rings is 1. The van der Waals surface area contributed by atoms with Crippen LogP contribution in [0.15, 0.2) is 11.4 Å². The topological polar surface area (TPSA) is 56.7 Å².